The largest absolute Gasteiger partial charge is 0.435 e. The van der Waals surface area contributed by atoms with E-state index in [2.05, 4.69) is 31.3 Å². The highest BCUT2D eigenvalue weighted by molar-refractivity contribution is 9.10. The minimum absolute atomic E-state index is 0.0476. The Labute approximate surface area is 151 Å². The third kappa shape index (κ3) is 6.50. The Morgan fingerprint density at radius 2 is 1.80 bits per heavy atom. The van der Waals surface area contributed by atoms with E-state index >= 15 is 0 Å². The van der Waals surface area contributed by atoms with Crippen LogP contribution in [0.5, 0.6) is 5.75 Å². The molecule has 0 fully saturated rings. The molecule has 0 bridgehead atoms. The van der Waals surface area contributed by atoms with E-state index in [1.165, 1.54) is 12.1 Å². The number of ether oxygens (including phenoxy) is 1. The molecule has 0 aliphatic heterocycles. The van der Waals surface area contributed by atoms with E-state index in [1.807, 2.05) is 0 Å². The maximum absolute atomic E-state index is 12.1. The van der Waals surface area contributed by atoms with E-state index in [9.17, 15) is 18.4 Å². The second kappa shape index (κ2) is 9.12. The standard InChI is InChI=1S/C17H15BrF2N2O3/c18-13-3-1-2-12(8-13)16(24)22-10-15(23)21-9-11-4-6-14(7-5-11)25-17(19)20/h1-8,17H,9-10H2,(H,21,23)(H,22,24). The normalized spacial score (nSPS) is 10.4. The van der Waals surface area contributed by atoms with Gasteiger partial charge in [0.05, 0.1) is 6.54 Å². The SMILES string of the molecule is O=C(CNC(=O)c1cccc(Br)c1)NCc1ccc(OC(F)F)cc1. The van der Waals surface area contributed by atoms with E-state index in [0.29, 0.717) is 11.1 Å². The lowest BCUT2D eigenvalue weighted by atomic mass is 10.2. The van der Waals surface area contributed by atoms with Crippen LogP contribution in [0.2, 0.25) is 0 Å². The lowest BCUT2D eigenvalue weighted by molar-refractivity contribution is -0.120. The van der Waals surface area contributed by atoms with Crippen LogP contribution in [-0.2, 0) is 11.3 Å². The molecule has 25 heavy (non-hydrogen) atoms. The minimum atomic E-state index is -2.88. The van der Waals surface area contributed by atoms with Crippen molar-refractivity contribution < 1.29 is 23.1 Å². The molecule has 2 aromatic carbocycles. The summed E-state index contributed by atoms with van der Waals surface area (Å²) in [6, 6.07) is 12.7. The van der Waals surface area contributed by atoms with Crippen LogP contribution in [-0.4, -0.2) is 25.0 Å². The lowest BCUT2D eigenvalue weighted by Gasteiger charge is -2.08. The molecule has 2 amide bonds. The van der Waals surface area contributed by atoms with Crippen molar-refractivity contribution in [1.29, 1.82) is 0 Å². The van der Waals surface area contributed by atoms with Gasteiger partial charge in [-0.2, -0.15) is 8.78 Å². The first-order valence-corrected chi connectivity index (χ1v) is 8.07. The van der Waals surface area contributed by atoms with Gasteiger partial charge in [0, 0.05) is 16.6 Å². The van der Waals surface area contributed by atoms with Gasteiger partial charge in [0.25, 0.3) is 5.91 Å². The van der Waals surface area contributed by atoms with Gasteiger partial charge in [0.1, 0.15) is 5.75 Å². The fourth-order valence-corrected chi connectivity index (χ4v) is 2.34. The van der Waals surface area contributed by atoms with Gasteiger partial charge in [0.2, 0.25) is 5.91 Å². The summed E-state index contributed by atoms with van der Waals surface area (Å²) in [6.07, 6.45) is 0. The number of hydrogen-bond acceptors (Lipinski definition) is 3. The molecule has 2 aromatic rings. The Hall–Kier alpha value is -2.48. The molecule has 0 aliphatic carbocycles. The van der Waals surface area contributed by atoms with E-state index in [1.54, 1.807) is 36.4 Å². The Balaban J connectivity index is 1.76. The Morgan fingerprint density at radius 3 is 2.44 bits per heavy atom. The summed E-state index contributed by atoms with van der Waals surface area (Å²) in [5.41, 5.74) is 1.16. The molecule has 0 saturated carbocycles. The van der Waals surface area contributed by atoms with Crippen molar-refractivity contribution in [1.82, 2.24) is 10.6 Å². The number of carbonyl (C=O) groups is 2. The quantitative estimate of drug-likeness (QED) is 0.733. The van der Waals surface area contributed by atoms with Crippen LogP contribution < -0.4 is 15.4 Å². The summed E-state index contributed by atoms with van der Waals surface area (Å²) in [4.78, 5) is 23.7. The summed E-state index contributed by atoms with van der Waals surface area (Å²) >= 11 is 3.27. The number of hydrogen-bond donors (Lipinski definition) is 2. The minimum Gasteiger partial charge on any atom is -0.435 e. The molecular formula is C17H15BrF2N2O3. The first kappa shape index (κ1) is 18.9. The summed E-state index contributed by atoms with van der Waals surface area (Å²) in [6.45, 7) is -2.84. The van der Waals surface area contributed by atoms with Crippen molar-refractivity contribution in [3.63, 3.8) is 0 Å². The number of nitrogens with one attached hydrogen (secondary N) is 2. The molecule has 2 N–H and O–H groups in total. The van der Waals surface area contributed by atoms with Gasteiger partial charge in [-0.25, -0.2) is 0 Å². The van der Waals surface area contributed by atoms with Gasteiger partial charge in [-0.15, -0.1) is 0 Å². The topological polar surface area (TPSA) is 67.4 Å². The highest BCUT2D eigenvalue weighted by Crippen LogP contribution is 2.14. The van der Waals surface area contributed by atoms with Crippen LogP contribution in [0.15, 0.2) is 53.0 Å². The lowest BCUT2D eigenvalue weighted by Crippen LogP contribution is -2.36. The summed E-state index contributed by atoms with van der Waals surface area (Å²) in [7, 11) is 0. The molecule has 132 valence electrons. The van der Waals surface area contributed by atoms with Crippen LogP contribution in [0, 0.1) is 0 Å². The smallest absolute Gasteiger partial charge is 0.387 e. The molecule has 0 heterocycles. The molecule has 0 aromatic heterocycles. The van der Waals surface area contributed by atoms with Crippen molar-refractivity contribution >= 4 is 27.7 Å². The highest BCUT2D eigenvalue weighted by atomic mass is 79.9. The Kier molecular flexibility index (Phi) is 6.88. The number of amides is 2. The van der Waals surface area contributed by atoms with Gasteiger partial charge in [0.15, 0.2) is 0 Å². The maximum atomic E-state index is 12.1. The number of alkyl halides is 2. The molecular weight excluding hydrogens is 398 g/mol. The van der Waals surface area contributed by atoms with Crippen molar-refractivity contribution in [3.05, 3.63) is 64.1 Å². The summed E-state index contributed by atoms with van der Waals surface area (Å²) in [5, 5.41) is 5.14. The molecule has 0 saturated heterocycles. The Morgan fingerprint density at radius 1 is 1.08 bits per heavy atom. The molecule has 8 heteroatoms. The van der Waals surface area contributed by atoms with Crippen molar-refractivity contribution in [3.8, 4) is 5.75 Å². The second-order valence-electron chi connectivity index (χ2n) is 4.99. The first-order valence-electron chi connectivity index (χ1n) is 7.28. The van der Waals surface area contributed by atoms with Gasteiger partial charge >= 0.3 is 6.61 Å². The molecule has 0 aliphatic rings. The fraction of sp³-hybridized carbons (Fsp3) is 0.176. The highest BCUT2D eigenvalue weighted by Gasteiger charge is 2.08. The first-order chi connectivity index (χ1) is 11.9. The number of rotatable bonds is 7. The second-order valence-corrected chi connectivity index (χ2v) is 5.91. The molecule has 0 unspecified atom stereocenters. The van der Waals surface area contributed by atoms with E-state index in [4.69, 9.17) is 0 Å². The van der Waals surface area contributed by atoms with Gasteiger partial charge in [-0.1, -0.05) is 34.1 Å². The van der Waals surface area contributed by atoms with E-state index in [0.717, 1.165) is 4.47 Å². The van der Waals surface area contributed by atoms with Crippen LogP contribution >= 0.6 is 15.9 Å². The molecule has 0 radical (unpaired) electrons. The molecule has 5 nitrogen and oxygen atoms in total. The van der Waals surface area contributed by atoms with Crippen LogP contribution in [0.1, 0.15) is 15.9 Å². The number of halogens is 3. The van der Waals surface area contributed by atoms with Gasteiger partial charge in [-0.3, -0.25) is 9.59 Å². The average Bonchev–Trinajstić information content (AvgIpc) is 2.58. The maximum Gasteiger partial charge on any atom is 0.387 e. The van der Waals surface area contributed by atoms with Crippen LogP contribution in [0.4, 0.5) is 8.78 Å². The predicted octanol–water partition coefficient (Wildman–Crippen LogP) is 3.10. The van der Waals surface area contributed by atoms with Crippen LogP contribution in [0.3, 0.4) is 0 Å². The fourth-order valence-electron chi connectivity index (χ4n) is 1.94. The van der Waals surface area contributed by atoms with Crippen molar-refractivity contribution in [2.45, 2.75) is 13.2 Å². The zero-order chi connectivity index (χ0) is 18.2. The summed E-state index contributed by atoms with van der Waals surface area (Å²) < 4.78 is 29.1. The van der Waals surface area contributed by atoms with Crippen molar-refractivity contribution in [2.24, 2.45) is 0 Å². The molecule has 0 atom stereocenters. The van der Waals surface area contributed by atoms with E-state index < -0.39 is 6.61 Å². The van der Waals surface area contributed by atoms with Gasteiger partial charge < -0.3 is 15.4 Å². The molecule has 0 spiro atoms. The third-order valence-electron chi connectivity index (χ3n) is 3.13. The average molecular weight is 413 g/mol. The number of carbonyl (C=O) groups excluding carboxylic acids is 2. The predicted molar refractivity (Wildman–Crippen MR) is 91.4 cm³/mol. The van der Waals surface area contributed by atoms with Crippen molar-refractivity contribution in [2.75, 3.05) is 6.54 Å². The zero-order valence-electron chi connectivity index (χ0n) is 13.0. The Bertz CT molecular complexity index is 739. The monoisotopic (exact) mass is 412 g/mol. The van der Waals surface area contributed by atoms with E-state index in [-0.39, 0.29) is 30.7 Å². The third-order valence-corrected chi connectivity index (χ3v) is 3.63. The van der Waals surface area contributed by atoms with Gasteiger partial charge in [-0.05, 0) is 35.9 Å². The summed E-state index contributed by atoms with van der Waals surface area (Å²) in [5.74, 6) is -0.674. The molecule has 2 rings (SSSR count). The van der Waals surface area contributed by atoms with Crippen LogP contribution in [0.25, 0.3) is 0 Å². The number of benzene rings is 2. The zero-order valence-corrected chi connectivity index (χ0v) is 14.6.